The van der Waals surface area contributed by atoms with E-state index in [1.54, 1.807) is 17.4 Å². The van der Waals surface area contributed by atoms with Crippen LogP contribution in [-0.2, 0) is 12.8 Å². The molecular weight excluding hydrogens is 498 g/mol. The van der Waals surface area contributed by atoms with Crippen LogP contribution in [0, 0.1) is 6.92 Å². The number of carbonyl (C=O) groups excluding carboxylic acids is 1. The first kappa shape index (κ1) is 24.3. The van der Waals surface area contributed by atoms with Crippen molar-refractivity contribution < 1.29 is 8.68 Å². The standard InChI is InChI=1S/C27H26FN3OS3/c1-16(20-10-11-23(15-20)35-28)29-26(24-17(2)30-27-31(24)12-13-33-27)34-18(3)25(32)22-9-8-19-6-4-5-7-21(19)14-22/h8-14,18H,1,4-7,15H2,2-3H3. The van der Waals surface area contributed by atoms with Gasteiger partial charge in [-0.1, -0.05) is 36.5 Å². The lowest BCUT2D eigenvalue weighted by atomic mass is 9.89. The summed E-state index contributed by atoms with van der Waals surface area (Å²) in [5, 5.41) is 2.33. The predicted octanol–water partition coefficient (Wildman–Crippen LogP) is 7.68. The van der Waals surface area contributed by atoms with Crippen molar-refractivity contribution in [3.63, 3.8) is 0 Å². The summed E-state index contributed by atoms with van der Waals surface area (Å²) in [6.45, 7) is 8.05. The molecule has 1 unspecified atom stereocenters. The molecule has 0 N–H and O–H groups in total. The molecule has 0 radical (unpaired) electrons. The molecule has 0 bridgehead atoms. The minimum Gasteiger partial charge on any atom is -0.293 e. The van der Waals surface area contributed by atoms with Gasteiger partial charge >= 0.3 is 0 Å². The maximum absolute atomic E-state index is 13.5. The van der Waals surface area contributed by atoms with Crippen molar-refractivity contribution in [3.8, 4) is 0 Å². The number of nitrogens with zero attached hydrogens (tertiary/aromatic N) is 3. The summed E-state index contributed by atoms with van der Waals surface area (Å²) >= 11 is 3.24. The molecule has 2 aromatic heterocycles. The molecule has 0 saturated carbocycles. The number of fused-ring (bicyclic) bond motifs is 2. The van der Waals surface area contributed by atoms with Gasteiger partial charge in [-0.25, -0.2) is 9.98 Å². The van der Waals surface area contributed by atoms with Gasteiger partial charge in [0.1, 0.15) is 10.7 Å². The van der Waals surface area contributed by atoms with Gasteiger partial charge in [-0.3, -0.25) is 9.20 Å². The molecule has 0 amide bonds. The van der Waals surface area contributed by atoms with Gasteiger partial charge in [-0.15, -0.1) is 11.3 Å². The zero-order valence-corrected chi connectivity index (χ0v) is 22.2. The van der Waals surface area contributed by atoms with Crippen LogP contribution in [-0.4, -0.2) is 25.5 Å². The maximum Gasteiger partial charge on any atom is 0.194 e. The van der Waals surface area contributed by atoms with E-state index in [1.807, 2.05) is 42.0 Å². The monoisotopic (exact) mass is 523 g/mol. The van der Waals surface area contributed by atoms with Crippen molar-refractivity contribution in [1.29, 1.82) is 0 Å². The quantitative estimate of drug-likeness (QED) is 0.181. The Balaban J connectivity index is 1.45. The summed E-state index contributed by atoms with van der Waals surface area (Å²) < 4.78 is 15.1. The average molecular weight is 524 g/mol. The number of thiazole rings is 1. The van der Waals surface area contributed by atoms with E-state index < -0.39 is 0 Å². The number of benzene rings is 1. The smallest absolute Gasteiger partial charge is 0.194 e. The molecule has 0 aliphatic heterocycles. The highest BCUT2D eigenvalue weighted by atomic mass is 32.2. The van der Waals surface area contributed by atoms with Gasteiger partial charge in [-0.05, 0) is 68.4 Å². The Labute approximate surface area is 217 Å². The molecule has 3 aromatic rings. The lowest BCUT2D eigenvalue weighted by Gasteiger charge is -2.18. The number of thioether (sulfide) groups is 1. The number of halogens is 1. The molecule has 5 rings (SSSR count). The molecule has 8 heteroatoms. The van der Waals surface area contributed by atoms with Crippen LogP contribution in [0.1, 0.15) is 59.1 Å². The lowest BCUT2D eigenvalue weighted by Crippen LogP contribution is -2.18. The number of carbonyl (C=O) groups is 1. The van der Waals surface area contributed by atoms with Crippen LogP contribution < -0.4 is 0 Å². The van der Waals surface area contributed by atoms with E-state index in [0.29, 0.717) is 22.1 Å². The summed E-state index contributed by atoms with van der Waals surface area (Å²) in [5.74, 6) is 0.0864. The third-order valence-corrected chi connectivity index (χ3v) is 8.78. The summed E-state index contributed by atoms with van der Waals surface area (Å²) in [6.07, 6.45) is 10.6. The number of aliphatic imine (C=N–C) groups is 1. The van der Waals surface area contributed by atoms with E-state index in [9.17, 15) is 8.68 Å². The van der Waals surface area contributed by atoms with Gasteiger partial charge in [0, 0.05) is 28.5 Å². The number of Topliss-reactive ketones (excluding diaryl/α,β-unsaturated/α-hetero) is 1. The number of imidazole rings is 1. The van der Waals surface area contributed by atoms with Crippen molar-refractivity contribution in [2.75, 3.05) is 0 Å². The van der Waals surface area contributed by atoms with Crippen LogP contribution in [0.25, 0.3) is 4.96 Å². The number of aromatic nitrogens is 2. The third-order valence-electron chi connectivity index (χ3n) is 6.47. The van der Waals surface area contributed by atoms with Crippen LogP contribution in [0.15, 0.2) is 69.7 Å². The molecule has 2 aliphatic carbocycles. The summed E-state index contributed by atoms with van der Waals surface area (Å²) in [7, 11) is 0. The zero-order valence-electron chi connectivity index (χ0n) is 19.7. The van der Waals surface area contributed by atoms with E-state index in [4.69, 9.17) is 4.99 Å². The van der Waals surface area contributed by atoms with E-state index >= 15 is 0 Å². The van der Waals surface area contributed by atoms with Crippen molar-refractivity contribution in [2.24, 2.45) is 4.99 Å². The molecule has 0 spiro atoms. The molecule has 4 nitrogen and oxygen atoms in total. The van der Waals surface area contributed by atoms with E-state index in [0.717, 1.165) is 40.3 Å². The molecular formula is C27H26FN3OS3. The Hall–Kier alpha value is -2.42. The SMILES string of the molecule is C=C(N=C(SC(C)C(=O)c1ccc2c(c1)CCCC2)c1c(C)nc2sccn12)C1=CC=C(SF)C1. The Morgan fingerprint density at radius 2 is 2.06 bits per heavy atom. The van der Waals surface area contributed by atoms with Crippen LogP contribution in [0.5, 0.6) is 0 Å². The number of hydrogen-bond donors (Lipinski definition) is 0. The molecule has 2 heterocycles. The first-order chi connectivity index (χ1) is 16.9. The topological polar surface area (TPSA) is 46.7 Å². The Bertz CT molecular complexity index is 1410. The number of aryl methyl sites for hydroxylation is 3. The fourth-order valence-electron chi connectivity index (χ4n) is 4.57. The van der Waals surface area contributed by atoms with Gasteiger partial charge in [-0.2, -0.15) is 3.89 Å². The molecule has 1 aromatic carbocycles. The lowest BCUT2D eigenvalue weighted by molar-refractivity contribution is 0.0994. The number of allylic oxidation sites excluding steroid dienone is 4. The second-order valence-electron chi connectivity index (χ2n) is 8.86. The first-order valence-corrected chi connectivity index (χ1v) is 14.1. The highest BCUT2D eigenvalue weighted by Crippen LogP contribution is 2.34. The molecule has 0 fully saturated rings. The van der Waals surface area contributed by atoms with Gasteiger partial charge < -0.3 is 0 Å². The maximum atomic E-state index is 13.5. The average Bonchev–Trinajstić information content (AvgIpc) is 3.59. The second-order valence-corrected chi connectivity index (χ2v) is 11.7. The van der Waals surface area contributed by atoms with Crippen LogP contribution >= 0.6 is 35.2 Å². The van der Waals surface area contributed by atoms with Crippen LogP contribution in [0.2, 0.25) is 0 Å². The first-order valence-electron chi connectivity index (χ1n) is 11.7. The summed E-state index contributed by atoms with van der Waals surface area (Å²) in [5.41, 5.74) is 6.58. The van der Waals surface area contributed by atoms with Crippen LogP contribution in [0.4, 0.5) is 3.89 Å². The Morgan fingerprint density at radius 1 is 1.26 bits per heavy atom. The molecule has 0 saturated heterocycles. The predicted molar refractivity (Wildman–Crippen MR) is 147 cm³/mol. The fraction of sp³-hybridized carbons (Fsp3) is 0.296. The largest absolute Gasteiger partial charge is 0.293 e. The van der Waals surface area contributed by atoms with E-state index in [1.165, 1.54) is 35.7 Å². The molecule has 1 atom stereocenters. The van der Waals surface area contributed by atoms with E-state index in [2.05, 4.69) is 23.7 Å². The number of hydrogen-bond acceptors (Lipinski definition) is 6. The van der Waals surface area contributed by atoms with Crippen molar-refractivity contribution in [1.82, 2.24) is 9.38 Å². The van der Waals surface area contributed by atoms with Gasteiger partial charge in [0.15, 0.2) is 10.7 Å². The van der Waals surface area contributed by atoms with Gasteiger partial charge in [0.2, 0.25) is 0 Å². The second kappa shape index (κ2) is 10.3. The van der Waals surface area contributed by atoms with Crippen LogP contribution in [0.3, 0.4) is 0 Å². The zero-order chi connectivity index (χ0) is 24.5. The van der Waals surface area contributed by atoms with E-state index in [-0.39, 0.29) is 23.2 Å². The highest BCUT2D eigenvalue weighted by molar-refractivity contribution is 8.15. The van der Waals surface area contributed by atoms with Gasteiger partial charge in [0.05, 0.1) is 28.8 Å². The molecule has 2 aliphatic rings. The normalized spacial score (nSPS) is 16.7. The Kier molecular flexibility index (Phi) is 7.14. The minimum absolute atomic E-state index is 0.0864. The molecule has 35 heavy (non-hydrogen) atoms. The van der Waals surface area contributed by atoms with Crippen molar-refractivity contribution in [3.05, 3.63) is 92.8 Å². The Morgan fingerprint density at radius 3 is 2.83 bits per heavy atom. The summed E-state index contributed by atoms with van der Waals surface area (Å²) in [4.78, 5) is 24.6. The van der Waals surface area contributed by atoms with Crippen molar-refractivity contribution in [2.45, 2.75) is 51.2 Å². The third kappa shape index (κ3) is 4.97. The molecule has 180 valence electrons. The number of rotatable bonds is 7. The highest BCUT2D eigenvalue weighted by Gasteiger charge is 2.25. The number of ketones is 1. The minimum atomic E-state index is -0.348. The summed E-state index contributed by atoms with van der Waals surface area (Å²) in [6, 6.07) is 6.16. The van der Waals surface area contributed by atoms with Crippen molar-refractivity contribution >= 4 is 51.0 Å². The fourth-order valence-corrected chi connectivity index (χ4v) is 6.76. The van der Waals surface area contributed by atoms with Gasteiger partial charge in [0.25, 0.3) is 0 Å².